The summed E-state index contributed by atoms with van der Waals surface area (Å²) in [6, 6.07) is 10.9. The molecule has 0 unspecified atom stereocenters. The van der Waals surface area contributed by atoms with Gasteiger partial charge in [-0.1, -0.05) is 17.8 Å². The van der Waals surface area contributed by atoms with E-state index in [0.29, 0.717) is 17.9 Å². The number of nitrogens with one attached hydrogen (secondary N) is 2. The van der Waals surface area contributed by atoms with Gasteiger partial charge in [0.15, 0.2) is 11.0 Å². The maximum Gasteiger partial charge on any atom is 0.416 e. The van der Waals surface area contributed by atoms with E-state index in [1.54, 1.807) is 31.2 Å². The molecule has 1 aromatic heterocycles. The molecule has 174 valence electrons. The monoisotopic (exact) mass is 479 g/mol. The molecule has 0 radical (unpaired) electrons. The maximum atomic E-state index is 13.3. The molecule has 2 N–H and O–H groups in total. The molecule has 0 aliphatic heterocycles. The largest absolute Gasteiger partial charge is 0.497 e. The second-order valence-corrected chi connectivity index (χ2v) is 7.56. The van der Waals surface area contributed by atoms with Crippen molar-refractivity contribution in [3.63, 3.8) is 0 Å². The highest BCUT2D eigenvalue weighted by atomic mass is 32.2. The van der Waals surface area contributed by atoms with Crippen LogP contribution in [0.1, 0.15) is 12.5 Å². The van der Waals surface area contributed by atoms with Crippen LogP contribution in [0.5, 0.6) is 5.75 Å². The molecule has 0 bridgehead atoms. The zero-order valence-corrected chi connectivity index (χ0v) is 18.5. The molecule has 0 saturated heterocycles. The molecule has 2 aromatic carbocycles. The zero-order chi connectivity index (χ0) is 24.0. The van der Waals surface area contributed by atoms with E-state index in [1.165, 1.54) is 23.8 Å². The summed E-state index contributed by atoms with van der Waals surface area (Å²) in [4.78, 5) is 23.6. The first-order valence-electron chi connectivity index (χ1n) is 9.71. The van der Waals surface area contributed by atoms with E-state index >= 15 is 0 Å². The molecule has 3 aromatic rings. The Kier molecular flexibility index (Phi) is 7.59. The number of nitrogens with zero attached hydrogens (tertiary/aromatic N) is 3. The van der Waals surface area contributed by atoms with Gasteiger partial charge in [0, 0.05) is 12.1 Å². The molecular weight excluding hydrogens is 459 g/mol. The van der Waals surface area contributed by atoms with E-state index in [1.807, 2.05) is 0 Å². The average molecular weight is 479 g/mol. The minimum atomic E-state index is -4.54. The van der Waals surface area contributed by atoms with Crippen LogP contribution >= 0.6 is 11.8 Å². The molecular formula is C21H20F3N5O3S. The Labute approximate surface area is 191 Å². The van der Waals surface area contributed by atoms with Gasteiger partial charge in [-0.15, -0.1) is 10.2 Å². The number of imide groups is 1. The smallest absolute Gasteiger partial charge is 0.416 e. The fourth-order valence-electron chi connectivity index (χ4n) is 2.84. The number of hydrogen-bond acceptors (Lipinski definition) is 6. The Hall–Kier alpha value is -3.54. The van der Waals surface area contributed by atoms with Crippen LogP contribution in [-0.2, 0) is 11.0 Å². The Bertz CT molecular complexity index is 1130. The van der Waals surface area contributed by atoms with Crippen molar-refractivity contribution in [2.24, 2.45) is 0 Å². The van der Waals surface area contributed by atoms with E-state index < -0.39 is 23.7 Å². The second kappa shape index (κ2) is 10.4. The lowest BCUT2D eigenvalue weighted by molar-refractivity contribution is -0.137. The predicted octanol–water partition coefficient (Wildman–Crippen LogP) is 3.90. The Morgan fingerprint density at radius 2 is 1.85 bits per heavy atom. The van der Waals surface area contributed by atoms with Crippen molar-refractivity contribution >= 4 is 23.7 Å². The number of hydrogen-bond donors (Lipinski definition) is 2. The van der Waals surface area contributed by atoms with Crippen LogP contribution in [0.4, 0.5) is 18.0 Å². The van der Waals surface area contributed by atoms with E-state index in [2.05, 4.69) is 20.8 Å². The first kappa shape index (κ1) is 24.1. The van der Waals surface area contributed by atoms with E-state index in [0.717, 1.165) is 23.9 Å². The van der Waals surface area contributed by atoms with Crippen LogP contribution in [0, 0.1) is 0 Å². The number of alkyl halides is 3. The number of benzene rings is 2. The molecule has 33 heavy (non-hydrogen) atoms. The first-order chi connectivity index (χ1) is 15.7. The van der Waals surface area contributed by atoms with Gasteiger partial charge in [0.05, 0.1) is 24.1 Å². The first-order valence-corrected chi connectivity index (χ1v) is 10.7. The number of carbonyl (C=O) groups is 2. The number of carbonyl (C=O) groups excluding carboxylic acids is 2. The molecule has 0 fully saturated rings. The zero-order valence-electron chi connectivity index (χ0n) is 17.6. The number of amides is 3. The van der Waals surface area contributed by atoms with Crippen molar-refractivity contribution in [3.05, 3.63) is 54.1 Å². The minimum Gasteiger partial charge on any atom is -0.497 e. The number of urea groups is 1. The predicted molar refractivity (Wildman–Crippen MR) is 116 cm³/mol. The molecule has 0 aliphatic carbocycles. The lowest BCUT2D eigenvalue weighted by atomic mass is 10.1. The molecule has 3 amide bonds. The van der Waals surface area contributed by atoms with Crippen LogP contribution in [0.15, 0.2) is 53.7 Å². The highest BCUT2D eigenvalue weighted by Gasteiger charge is 2.31. The van der Waals surface area contributed by atoms with Crippen LogP contribution < -0.4 is 15.4 Å². The molecule has 0 saturated carbocycles. The highest BCUT2D eigenvalue weighted by molar-refractivity contribution is 7.99. The molecule has 3 rings (SSSR count). The number of thioether (sulfide) groups is 1. The third-order valence-electron chi connectivity index (χ3n) is 4.34. The van der Waals surface area contributed by atoms with E-state index in [-0.39, 0.29) is 22.4 Å². The topological polar surface area (TPSA) is 98.1 Å². The second-order valence-electron chi connectivity index (χ2n) is 6.61. The molecule has 0 aliphatic rings. The van der Waals surface area contributed by atoms with Crippen molar-refractivity contribution in [2.45, 2.75) is 18.3 Å². The van der Waals surface area contributed by atoms with Crippen molar-refractivity contribution < 1.29 is 27.5 Å². The minimum absolute atomic E-state index is 0.173. The average Bonchev–Trinajstić information content (AvgIpc) is 3.21. The maximum absolute atomic E-state index is 13.3. The van der Waals surface area contributed by atoms with Gasteiger partial charge in [0.2, 0.25) is 5.91 Å². The molecule has 0 atom stereocenters. The Morgan fingerprint density at radius 1 is 1.12 bits per heavy atom. The summed E-state index contributed by atoms with van der Waals surface area (Å²) < 4.78 is 46.5. The van der Waals surface area contributed by atoms with Gasteiger partial charge in [0.25, 0.3) is 0 Å². The van der Waals surface area contributed by atoms with Crippen molar-refractivity contribution in [1.82, 2.24) is 25.4 Å². The van der Waals surface area contributed by atoms with Crippen LogP contribution in [0.3, 0.4) is 0 Å². The number of methoxy groups -OCH3 is 1. The Morgan fingerprint density at radius 3 is 2.48 bits per heavy atom. The Balaban J connectivity index is 1.98. The van der Waals surface area contributed by atoms with Crippen LogP contribution in [0.2, 0.25) is 0 Å². The van der Waals surface area contributed by atoms with Crippen LogP contribution in [-0.4, -0.2) is 46.1 Å². The summed E-state index contributed by atoms with van der Waals surface area (Å²) in [5, 5.41) is 13.0. The summed E-state index contributed by atoms with van der Waals surface area (Å²) in [7, 11) is 1.51. The number of aromatic nitrogens is 3. The quantitative estimate of drug-likeness (QED) is 0.499. The third kappa shape index (κ3) is 6.04. The highest BCUT2D eigenvalue weighted by Crippen LogP contribution is 2.33. The van der Waals surface area contributed by atoms with Gasteiger partial charge in [-0.25, -0.2) is 4.79 Å². The molecule has 0 spiro atoms. The third-order valence-corrected chi connectivity index (χ3v) is 5.26. The van der Waals surface area contributed by atoms with Crippen molar-refractivity contribution in [2.75, 3.05) is 19.4 Å². The van der Waals surface area contributed by atoms with Gasteiger partial charge in [0.1, 0.15) is 5.75 Å². The summed E-state index contributed by atoms with van der Waals surface area (Å²) in [6.07, 6.45) is -4.54. The lowest BCUT2D eigenvalue weighted by Crippen LogP contribution is -2.40. The summed E-state index contributed by atoms with van der Waals surface area (Å²) >= 11 is 0.938. The number of halogens is 3. The number of ether oxygens (including phenoxy) is 1. The van der Waals surface area contributed by atoms with Crippen LogP contribution in [0.25, 0.3) is 17.1 Å². The van der Waals surface area contributed by atoms with Gasteiger partial charge in [-0.3, -0.25) is 14.7 Å². The summed E-state index contributed by atoms with van der Waals surface area (Å²) in [5.74, 6) is 0.0938. The van der Waals surface area contributed by atoms with Gasteiger partial charge >= 0.3 is 12.2 Å². The molecule has 1 heterocycles. The fourth-order valence-corrected chi connectivity index (χ4v) is 3.59. The summed E-state index contributed by atoms with van der Waals surface area (Å²) in [6.45, 7) is 2.05. The van der Waals surface area contributed by atoms with Crippen molar-refractivity contribution in [3.8, 4) is 22.8 Å². The number of rotatable bonds is 7. The fraction of sp³-hybridized carbons (Fsp3) is 0.238. The summed E-state index contributed by atoms with van der Waals surface area (Å²) in [5.41, 5.74) is -0.0778. The standard InChI is InChI=1S/C21H20F3N5O3S/c1-3-25-19(31)26-17(30)12-33-20-28-27-18(13-7-9-16(32-2)10-8-13)29(20)15-6-4-5-14(11-15)21(22,23)24/h4-11H,3,12H2,1-2H3,(H2,25,26,30,31). The van der Waals surface area contributed by atoms with Gasteiger partial charge in [-0.05, 0) is 49.4 Å². The SMILES string of the molecule is CCNC(=O)NC(=O)CSc1nnc(-c2ccc(OC)cc2)n1-c1cccc(C(F)(F)F)c1. The lowest BCUT2D eigenvalue weighted by Gasteiger charge is -2.13. The molecule has 12 heteroatoms. The van der Waals surface area contributed by atoms with E-state index in [9.17, 15) is 22.8 Å². The normalized spacial score (nSPS) is 11.2. The molecule has 8 nitrogen and oxygen atoms in total. The van der Waals surface area contributed by atoms with E-state index in [4.69, 9.17) is 4.74 Å². The van der Waals surface area contributed by atoms with Gasteiger partial charge < -0.3 is 10.1 Å². The van der Waals surface area contributed by atoms with Gasteiger partial charge in [-0.2, -0.15) is 13.2 Å². The van der Waals surface area contributed by atoms with Crippen molar-refractivity contribution in [1.29, 1.82) is 0 Å².